The molecule has 0 aliphatic carbocycles. The first-order valence-electron chi connectivity index (χ1n) is 11.1. The lowest BCUT2D eigenvalue weighted by Gasteiger charge is -2.15. The number of benzene rings is 4. The first kappa shape index (κ1) is 23.6. The zero-order valence-corrected chi connectivity index (χ0v) is 20.8. The maximum absolute atomic E-state index is 6.23. The zero-order valence-electron chi connectivity index (χ0n) is 19.3. The fourth-order valence-corrected chi connectivity index (χ4v) is 4.31. The van der Waals surface area contributed by atoms with Crippen molar-refractivity contribution < 1.29 is 14.2 Å². The molecule has 0 fully saturated rings. The second-order valence-electron chi connectivity index (χ2n) is 7.59. The fraction of sp³-hybridized carbons (Fsp3) is 0.179. The molecule has 4 aromatic rings. The quantitative estimate of drug-likeness (QED) is 0.187. The summed E-state index contributed by atoms with van der Waals surface area (Å²) in [6, 6.07) is 26.3. The van der Waals surface area contributed by atoms with E-state index >= 15 is 0 Å². The smallest absolute Gasteiger partial charge is 0.175 e. The number of halogens is 1. The number of hydrogen-bond acceptors (Lipinski definition) is 5. The summed E-state index contributed by atoms with van der Waals surface area (Å²) in [4.78, 5) is 0. The molecule has 0 atom stereocenters. The summed E-state index contributed by atoms with van der Waals surface area (Å²) in [5.74, 6) is 2.18. The van der Waals surface area contributed by atoms with Crippen molar-refractivity contribution in [1.29, 1.82) is 0 Å². The first-order valence-corrected chi connectivity index (χ1v) is 11.9. The number of methoxy groups -OCH3 is 1. The summed E-state index contributed by atoms with van der Waals surface area (Å²) in [6.45, 7) is 3.49. The highest BCUT2D eigenvalue weighted by Crippen LogP contribution is 2.37. The van der Waals surface area contributed by atoms with Crippen LogP contribution < -0.4 is 19.6 Å². The van der Waals surface area contributed by atoms with Gasteiger partial charge in [-0.15, -0.1) is 0 Å². The van der Waals surface area contributed by atoms with Gasteiger partial charge in [-0.1, -0.05) is 60.7 Å². The molecule has 0 unspecified atom stereocenters. The predicted octanol–water partition coefficient (Wildman–Crippen LogP) is 6.71. The van der Waals surface area contributed by atoms with E-state index in [4.69, 9.17) is 14.2 Å². The molecule has 6 heteroatoms. The van der Waals surface area contributed by atoms with Gasteiger partial charge < -0.3 is 19.6 Å². The van der Waals surface area contributed by atoms with E-state index in [9.17, 15) is 0 Å². The Morgan fingerprint density at radius 3 is 2.50 bits per heavy atom. The van der Waals surface area contributed by atoms with Gasteiger partial charge in [-0.05, 0) is 63.0 Å². The van der Waals surface area contributed by atoms with Gasteiger partial charge >= 0.3 is 0 Å². The van der Waals surface area contributed by atoms with Crippen molar-refractivity contribution in [3.8, 4) is 17.2 Å². The summed E-state index contributed by atoms with van der Waals surface area (Å²) in [5.41, 5.74) is 6.13. The number of nitrogens with one attached hydrogen (secondary N) is 1. The standard InChI is InChI=1S/C28H27BrN2O3/c1-3-33-27-16-20(17-30-31-18-22-10-5-7-14-26(22)32-2)15-25(29)28(27)34-19-23-12-8-11-21-9-4-6-13-24(21)23/h4-17,31H,3,18-19H2,1-2H3/b30-17-. The van der Waals surface area contributed by atoms with E-state index in [0.29, 0.717) is 31.3 Å². The topological polar surface area (TPSA) is 52.1 Å². The Bertz CT molecular complexity index is 1280. The lowest BCUT2D eigenvalue weighted by molar-refractivity contribution is 0.268. The number of rotatable bonds is 10. The monoisotopic (exact) mass is 518 g/mol. The second kappa shape index (κ2) is 11.6. The van der Waals surface area contributed by atoms with E-state index in [1.54, 1.807) is 13.3 Å². The van der Waals surface area contributed by atoms with Gasteiger partial charge in [0.25, 0.3) is 0 Å². The van der Waals surface area contributed by atoms with Crippen LogP contribution in [0.1, 0.15) is 23.6 Å². The minimum absolute atomic E-state index is 0.438. The molecule has 1 N–H and O–H groups in total. The Hall–Kier alpha value is -3.51. The fourth-order valence-electron chi connectivity index (χ4n) is 3.73. The van der Waals surface area contributed by atoms with Gasteiger partial charge in [-0.2, -0.15) is 5.10 Å². The first-order chi connectivity index (χ1) is 16.7. The third-order valence-corrected chi connectivity index (χ3v) is 5.94. The molecule has 34 heavy (non-hydrogen) atoms. The molecule has 0 radical (unpaired) electrons. The highest BCUT2D eigenvalue weighted by Gasteiger charge is 2.13. The van der Waals surface area contributed by atoms with Gasteiger partial charge in [0, 0.05) is 5.56 Å². The van der Waals surface area contributed by atoms with E-state index in [-0.39, 0.29) is 0 Å². The van der Waals surface area contributed by atoms with Gasteiger partial charge in [0.05, 0.1) is 30.9 Å². The van der Waals surface area contributed by atoms with Crippen molar-refractivity contribution >= 4 is 32.9 Å². The van der Waals surface area contributed by atoms with Crippen LogP contribution in [-0.4, -0.2) is 19.9 Å². The van der Waals surface area contributed by atoms with Gasteiger partial charge in [0.2, 0.25) is 0 Å². The lowest BCUT2D eigenvalue weighted by atomic mass is 10.1. The molecule has 4 aromatic carbocycles. The van der Waals surface area contributed by atoms with Crippen LogP contribution in [0.4, 0.5) is 0 Å². The third-order valence-electron chi connectivity index (χ3n) is 5.35. The summed E-state index contributed by atoms with van der Waals surface area (Å²) in [5, 5.41) is 6.74. The van der Waals surface area contributed by atoms with E-state index < -0.39 is 0 Å². The summed E-state index contributed by atoms with van der Waals surface area (Å²) >= 11 is 3.65. The Balaban J connectivity index is 1.48. The average Bonchev–Trinajstić information content (AvgIpc) is 2.86. The van der Waals surface area contributed by atoms with Crippen LogP contribution in [0, 0.1) is 0 Å². The largest absolute Gasteiger partial charge is 0.496 e. The van der Waals surface area contributed by atoms with Crippen molar-refractivity contribution in [2.24, 2.45) is 5.10 Å². The van der Waals surface area contributed by atoms with Crippen LogP contribution >= 0.6 is 15.9 Å². The Morgan fingerprint density at radius 1 is 0.882 bits per heavy atom. The number of fused-ring (bicyclic) bond motifs is 1. The molecule has 4 rings (SSSR count). The number of nitrogens with zero attached hydrogens (tertiary/aromatic N) is 1. The van der Waals surface area contributed by atoms with E-state index in [2.05, 4.69) is 56.8 Å². The zero-order chi connectivity index (χ0) is 23.8. The van der Waals surface area contributed by atoms with Crippen LogP contribution in [0.3, 0.4) is 0 Å². The summed E-state index contributed by atoms with van der Waals surface area (Å²) in [7, 11) is 1.67. The van der Waals surface area contributed by atoms with Crippen LogP contribution in [0.15, 0.2) is 88.4 Å². The third kappa shape index (κ3) is 5.69. The molecule has 5 nitrogen and oxygen atoms in total. The molecule has 0 heterocycles. The molecular formula is C28H27BrN2O3. The maximum Gasteiger partial charge on any atom is 0.175 e. The predicted molar refractivity (Wildman–Crippen MR) is 141 cm³/mol. The summed E-state index contributed by atoms with van der Waals surface area (Å²) < 4.78 is 18.3. The Morgan fingerprint density at radius 2 is 1.65 bits per heavy atom. The highest BCUT2D eigenvalue weighted by molar-refractivity contribution is 9.10. The minimum Gasteiger partial charge on any atom is -0.496 e. The van der Waals surface area contributed by atoms with Gasteiger partial charge in [0.15, 0.2) is 11.5 Å². The number of ether oxygens (including phenoxy) is 3. The molecule has 0 aromatic heterocycles. The van der Waals surface area contributed by atoms with Crippen molar-refractivity contribution in [3.05, 3.63) is 100 Å². The number of hydrogen-bond donors (Lipinski definition) is 1. The molecule has 0 aliphatic rings. The molecule has 0 amide bonds. The van der Waals surface area contributed by atoms with Gasteiger partial charge in [-0.3, -0.25) is 0 Å². The lowest BCUT2D eigenvalue weighted by Crippen LogP contribution is -2.07. The Labute approximate surface area is 208 Å². The average molecular weight is 519 g/mol. The van der Waals surface area contributed by atoms with Gasteiger partial charge in [0.1, 0.15) is 12.4 Å². The molecule has 0 saturated heterocycles. The Kier molecular flexibility index (Phi) is 8.04. The molecule has 0 spiro atoms. The molecule has 0 bridgehead atoms. The number of hydrazone groups is 1. The SMILES string of the molecule is CCOc1cc(/C=N\NCc2ccccc2OC)cc(Br)c1OCc1cccc2ccccc12. The van der Waals surface area contributed by atoms with Crippen LogP contribution in [0.2, 0.25) is 0 Å². The van der Waals surface area contributed by atoms with Crippen molar-refractivity contribution in [3.63, 3.8) is 0 Å². The maximum atomic E-state index is 6.23. The van der Waals surface area contributed by atoms with E-state index in [1.165, 1.54) is 10.8 Å². The number of para-hydroxylation sites is 1. The molecule has 174 valence electrons. The molecule has 0 aliphatic heterocycles. The molecular weight excluding hydrogens is 492 g/mol. The van der Waals surface area contributed by atoms with Crippen molar-refractivity contribution in [2.45, 2.75) is 20.1 Å². The van der Waals surface area contributed by atoms with Crippen LogP contribution in [0.25, 0.3) is 10.8 Å². The normalized spacial score (nSPS) is 11.0. The van der Waals surface area contributed by atoms with Crippen LogP contribution in [-0.2, 0) is 13.2 Å². The van der Waals surface area contributed by atoms with Crippen molar-refractivity contribution in [1.82, 2.24) is 5.43 Å². The van der Waals surface area contributed by atoms with Gasteiger partial charge in [-0.25, -0.2) is 0 Å². The highest BCUT2D eigenvalue weighted by atomic mass is 79.9. The van der Waals surface area contributed by atoms with Crippen LogP contribution in [0.5, 0.6) is 17.2 Å². The summed E-state index contributed by atoms with van der Waals surface area (Å²) in [6.07, 6.45) is 1.76. The minimum atomic E-state index is 0.438. The van der Waals surface area contributed by atoms with Crippen molar-refractivity contribution in [2.75, 3.05) is 13.7 Å². The van der Waals surface area contributed by atoms with E-state index in [0.717, 1.165) is 26.9 Å². The second-order valence-corrected chi connectivity index (χ2v) is 8.45. The molecule has 0 saturated carbocycles. The van der Waals surface area contributed by atoms with E-state index in [1.807, 2.05) is 55.5 Å².